The van der Waals surface area contributed by atoms with Crippen LogP contribution in [0.2, 0.25) is 0 Å². The van der Waals surface area contributed by atoms with Crippen LogP contribution in [0.1, 0.15) is 18.1 Å². The van der Waals surface area contributed by atoms with Crippen LogP contribution in [0, 0.1) is 6.92 Å². The Kier molecular flexibility index (Phi) is 3.06. The number of benzene rings is 1. The summed E-state index contributed by atoms with van der Waals surface area (Å²) in [6.07, 6.45) is 0. The SMILES string of the molecule is CCOP1(=O)OCc2cc(OC)cc(C)c21. The Hall–Kier alpha value is -0.830. The van der Waals surface area contributed by atoms with Crippen LogP contribution in [0.4, 0.5) is 0 Å². The second-order valence-electron chi connectivity index (χ2n) is 3.64. The predicted octanol–water partition coefficient (Wildman–Crippen LogP) is 2.39. The summed E-state index contributed by atoms with van der Waals surface area (Å²) in [4.78, 5) is 0. The lowest BCUT2D eigenvalue weighted by molar-refractivity contribution is 0.225. The van der Waals surface area contributed by atoms with E-state index in [4.69, 9.17) is 13.8 Å². The molecular weight excluding hydrogens is 227 g/mol. The van der Waals surface area contributed by atoms with Crippen LogP contribution in [0.15, 0.2) is 12.1 Å². The maximum atomic E-state index is 12.4. The number of ether oxygens (including phenoxy) is 1. The molecule has 1 aliphatic heterocycles. The van der Waals surface area contributed by atoms with Gasteiger partial charge in [0.25, 0.3) is 0 Å². The van der Waals surface area contributed by atoms with Gasteiger partial charge in [-0.15, -0.1) is 0 Å². The average molecular weight is 242 g/mol. The van der Waals surface area contributed by atoms with Crippen molar-refractivity contribution in [1.82, 2.24) is 0 Å². The molecule has 1 atom stereocenters. The Morgan fingerprint density at radius 2 is 2.25 bits per heavy atom. The lowest BCUT2D eigenvalue weighted by Gasteiger charge is -2.13. The highest BCUT2D eigenvalue weighted by molar-refractivity contribution is 7.62. The Balaban J connectivity index is 2.52. The number of hydrogen-bond donors (Lipinski definition) is 0. The molecule has 0 N–H and O–H groups in total. The van der Waals surface area contributed by atoms with Gasteiger partial charge in [0.2, 0.25) is 0 Å². The minimum absolute atomic E-state index is 0.324. The third kappa shape index (κ3) is 1.77. The fourth-order valence-electron chi connectivity index (χ4n) is 1.93. The molecule has 0 bridgehead atoms. The van der Waals surface area contributed by atoms with Crippen LogP contribution >= 0.6 is 7.60 Å². The lowest BCUT2D eigenvalue weighted by atomic mass is 10.1. The van der Waals surface area contributed by atoms with Gasteiger partial charge < -0.3 is 13.8 Å². The van der Waals surface area contributed by atoms with Gasteiger partial charge >= 0.3 is 7.60 Å². The Morgan fingerprint density at radius 1 is 1.50 bits per heavy atom. The van der Waals surface area contributed by atoms with Gasteiger partial charge in [0, 0.05) is 0 Å². The first-order valence-electron chi connectivity index (χ1n) is 5.18. The van der Waals surface area contributed by atoms with Crippen LogP contribution in [0.5, 0.6) is 5.75 Å². The van der Waals surface area contributed by atoms with Crippen LogP contribution in [-0.2, 0) is 20.2 Å². The zero-order chi connectivity index (χ0) is 11.8. The first-order valence-corrected chi connectivity index (χ1v) is 6.72. The standard InChI is InChI=1S/C11H15O4P/c1-4-14-16(12)11-8(2)5-10(13-3)6-9(11)7-15-16/h5-6H,4,7H2,1-3H3. The van der Waals surface area contributed by atoms with E-state index in [0.717, 1.165) is 16.9 Å². The van der Waals surface area contributed by atoms with Crippen molar-refractivity contribution < 1.29 is 18.3 Å². The van der Waals surface area contributed by atoms with E-state index in [1.165, 1.54) is 0 Å². The van der Waals surface area contributed by atoms with Crippen LogP contribution < -0.4 is 10.0 Å². The van der Waals surface area contributed by atoms with E-state index >= 15 is 0 Å². The first-order chi connectivity index (χ1) is 7.60. The van der Waals surface area contributed by atoms with Crippen molar-refractivity contribution in [1.29, 1.82) is 0 Å². The van der Waals surface area contributed by atoms with E-state index in [2.05, 4.69) is 0 Å². The first kappa shape index (κ1) is 11.6. The summed E-state index contributed by atoms with van der Waals surface area (Å²) < 4.78 is 28.1. The van der Waals surface area contributed by atoms with Crippen molar-refractivity contribution in [3.05, 3.63) is 23.3 Å². The zero-order valence-corrected chi connectivity index (χ0v) is 10.5. The molecule has 0 amide bonds. The molecule has 0 fully saturated rings. The van der Waals surface area contributed by atoms with Gasteiger partial charge in [0.15, 0.2) is 0 Å². The molecule has 5 heteroatoms. The molecule has 88 valence electrons. The van der Waals surface area contributed by atoms with E-state index in [-0.39, 0.29) is 0 Å². The highest BCUT2D eigenvalue weighted by Crippen LogP contribution is 2.54. The molecule has 0 saturated heterocycles. The third-order valence-corrected chi connectivity index (χ3v) is 4.81. The fourth-order valence-corrected chi connectivity index (χ4v) is 3.89. The molecule has 16 heavy (non-hydrogen) atoms. The maximum Gasteiger partial charge on any atom is 0.362 e. The minimum atomic E-state index is -3.08. The van der Waals surface area contributed by atoms with Gasteiger partial charge in [-0.05, 0) is 37.1 Å². The molecular formula is C11H15O4P. The highest BCUT2D eigenvalue weighted by atomic mass is 31.2. The Labute approximate surface area is 95.1 Å². The summed E-state index contributed by atoms with van der Waals surface area (Å²) in [6.45, 7) is 4.40. The van der Waals surface area contributed by atoms with Gasteiger partial charge in [0.05, 0.1) is 25.6 Å². The summed E-state index contributed by atoms with van der Waals surface area (Å²) in [6, 6.07) is 3.69. The largest absolute Gasteiger partial charge is 0.497 e. The lowest BCUT2D eigenvalue weighted by Crippen LogP contribution is -2.10. The van der Waals surface area contributed by atoms with Crippen LogP contribution in [-0.4, -0.2) is 13.7 Å². The monoisotopic (exact) mass is 242 g/mol. The molecule has 4 nitrogen and oxygen atoms in total. The summed E-state index contributed by atoms with van der Waals surface area (Å²) in [5, 5.41) is 0.704. The predicted molar refractivity (Wildman–Crippen MR) is 61.4 cm³/mol. The van der Waals surface area contributed by atoms with Gasteiger partial charge in [-0.25, -0.2) is 0 Å². The smallest absolute Gasteiger partial charge is 0.362 e. The quantitative estimate of drug-likeness (QED) is 0.763. The van der Waals surface area contributed by atoms with Crippen molar-refractivity contribution in [3.63, 3.8) is 0 Å². The summed E-state index contributed by atoms with van der Waals surface area (Å²) in [7, 11) is -1.47. The topological polar surface area (TPSA) is 44.8 Å². The van der Waals surface area contributed by atoms with E-state index in [1.807, 2.05) is 19.1 Å². The van der Waals surface area contributed by atoms with Gasteiger partial charge in [-0.2, -0.15) is 0 Å². The molecule has 1 aliphatic rings. The molecule has 1 unspecified atom stereocenters. The third-order valence-electron chi connectivity index (χ3n) is 2.55. The molecule has 2 rings (SSSR count). The Bertz CT molecular complexity index is 456. The fraction of sp³-hybridized carbons (Fsp3) is 0.455. The summed E-state index contributed by atoms with van der Waals surface area (Å²) in [5.74, 6) is 0.754. The molecule has 1 aromatic carbocycles. The molecule has 0 aromatic heterocycles. The molecule has 0 saturated carbocycles. The van der Waals surface area contributed by atoms with Crippen LogP contribution in [0.3, 0.4) is 0 Å². The highest BCUT2D eigenvalue weighted by Gasteiger charge is 2.37. The van der Waals surface area contributed by atoms with Gasteiger partial charge in [-0.3, -0.25) is 4.57 Å². The van der Waals surface area contributed by atoms with Crippen molar-refractivity contribution in [2.75, 3.05) is 13.7 Å². The summed E-state index contributed by atoms with van der Waals surface area (Å²) in [5.41, 5.74) is 1.79. The van der Waals surface area contributed by atoms with Crippen molar-refractivity contribution >= 4 is 12.9 Å². The molecule has 1 heterocycles. The van der Waals surface area contributed by atoms with Gasteiger partial charge in [-0.1, -0.05) is 0 Å². The average Bonchev–Trinajstić information content (AvgIpc) is 2.57. The van der Waals surface area contributed by atoms with E-state index < -0.39 is 7.60 Å². The summed E-state index contributed by atoms with van der Waals surface area (Å²) >= 11 is 0. The normalized spacial score (nSPS) is 23.2. The molecule has 0 aliphatic carbocycles. The van der Waals surface area contributed by atoms with Gasteiger partial charge in [0.1, 0.15) is 5.75 Å². The number of methoxy groups -OCH3 is 1. The number of aryl methyl sites for hydroxylation is 1. The molecule has 1 aromatic rings. The van der Waals surface area contributed by atoms with Crippen LogP contribution in [0.25, 0.3) is 0 Å². The van der Waals surface area contributed by atoms with E-state index in [0.29, 0.717) is 18.5 Å². The second-order valence-corrected chi connectivity index (χ2v) is 5.60. The van der Waals surface area contributed by atoms with E-state index in [9.17, 15) is 4.57 Å². The second kappa shape index (κ2) is 4.21. The zero-order valence-electron chi connectivity index (χ0n) is 9.65. The van der Waals surface area contributed by atoms with Crippen molar-refractivity contribution in [2.45, 2.75) is 20.5 Å². The number of rotatable bonds is 3. The maximum absolute atomic E-state index is 12.4. The Morgan fingerprint density at radius 3 is 2.88 bits per heavy atom. The molecule has 0 radical (unpaired) electrons. The van der Waals surface area contributed by atoms with E-state index in [1.54, 1.807) is 14.0 Å². The van der Waals surface area contributed by atoms with Crippen molar-refractivity contribution in [3.8, 4) is 5.75 Å². The molecule has 0 spiro atoms. The number of fused-ring (bicyclic) bond motifs is 1. The minimum Gasteiger partial charge on any atom is -0.497 e. The number of hydrogen-bond acceptors (Lipinski definition) is 4. The van der Waals surface area contributed by atoms with Crippen molar-refractivity contribution in [2.24, 2.45) is 0 Å².